The van der Waals surface area contributed by atoms with Crippen molar-refractivity contribution in [2.75, 3.05) is 6.61 Å². The van der Waals surface area contributed by atoms with Crippen LogP contribution in [-0.4, -0.2) is 17.5 Å². The summed E-state index contributed by atoms with van der Waals surface area (Å²) in [5.74, 6) is 0.723. The second kappa shape index (κ2) is 6.73. The predicted molar refractivity (Wildman–Crippen MR) is 87.3 cm³/mol. The molecule has 0 aliphatic carbocycles. The number of benzene rings is 2. The fourth-order valence-electron chi connectivity index (χ4n) is 2.69. The van der Waals surface area contributed by atoms with Crippen molar-refractivity contribution in [3.8, 4) is 17.2 Å². The monoisotopic (exact) mass is 312 g/mol. The van der Waals surface area contributed by atoms with Gasteiger partial charge in [-0.1, -0.05) is 43.7 Å². The van der Waals surface area contributed by atoms with E-state index in [0.29, 0.717) is 18.1 Å². The van der Waals surface area contributed by atoms with Crippen molar-refractivity contribution in [2.24, 2.45) is 0 Å². The van der Waals surface area contributed by atoms with E-state index in [1.54, 1.807) is 6.07 Å². The lowest BCUT2D eigenvalue weighted by Gasteiger charge is -2.26. The lowest BCUT2D eigenvalue weighted by atomic mass is 9.95. The van der Waals surface area contributed by atoms with Crippen LogP contribution in [0.4, 0.5) is 0 Å². The molecule has 120 valence electrons. The maximum atomic E-state index is 12.4. The highest BCUT2D eigenvalue weighted by molar-refractivity contribution is 6.02. The number of Topliss-reactive ketones (excluding diaryl/α,β-unsaturated/α-hetero) is 1. The fourth-order valence-corrected chi connectivity index (χ4v) is 2.69. The molecular weight excluding hydrogens is 292 g/mol. The minimum Gasteiger partial charge on any atom is -0.507 e. The topological polar surface area (TPSA) is 55.8 Å². The highest BCUT2D eigenvalue weighted by Gasteiger charge is 2.30. The number of carbonyl (C=O) groups excluding carboxylic acids is 1. The van der Waals surface area contributed by atoms with Crippen LogP contribution in [-0.2, 0) is 0 Å². The molecule has 0 saturated heterocycles. The van der Waals surface area contributed by atoms with Crippen LogP contribution in [0.3, 0.4) is 0 Å². The molecule has 0 amide bonds. The fraction of sp³-hybridized carbons (Fsp3) is 0.316. The average molecular weight is 312 g/mol. The maximum absolute atomic E-state index is 12.4. The highest BCUT2D eigenvalue weighted by Crippen LogP contribution is 2.41. The molecule has 0 unspecified atom stereocenters. The lowest BCUT2D eigenvalue weighted by molar-refractivity contribution is 0.0844. The Morgan fingerprint density at radius 1 is 1.26 bits per heavy atom. The molecular formula is C19H20O4. The van der Waals surface area contributed by atoms with Gasteiger partial charge in [0, 0.05) is 12.1 Å². The summed E-state index contributed by atoms with van der Waals surface area (Å²) in [7, 11) is 0. The number of hydrogen-bond donors (Lipinski definition) is 1. The maximum Gasteiger partial charge on any atom is 0.174 e. The second-order valence-corrected chi connectivity index (χ2v) is 5.66. The van der Waals surface area contributed by atoms with Crippen molar-refractivity contribution >= 4 is 5.78 Å². The van der Waals surface area contributed by atoms with E-state index in [4.69, 9.17) is 9.47 Å². The second-order valence-electron chi connectivity index (χ2n) is 5.66. The molecule has 23 heavy (non-hydrogen) atoms. The van der Waals surface area contributed by atoms with E-state index >= 15 is 0 Å². The minimum absolute atomic E-state index is 0.0782. The first-order valence-electron chi connectivity index (χ1n) is 7.93. The van der Waals surface area contributed by atoms with Crippen LogP contribution in [0.15, 0.2) is 42.5 Å². The molecule has 0 saturated carbocycles. The molecule has 1 atom stereocenters. The Balaban J connectivity index is 1.88. The van der Waals surface area contributed by atoms with Gasteiger partial charge in [-0.3, -0.25) is 4.79 Å². The van der Waals surface area contributed by atoms with Gasteiger partial charge in [0.1, 0.15) is 28.9 Å². The van der Waals surface area contributed by atoms with Gasteiger partial charge in [0.25, 0.3) is 0 Å². The Bertz CT molecular complexity index is 694. The summed E-state index contributed by atoms with van der Waals surface area (Å²) in [6.45, 7) is 2.66. The molecule has 2 aromatic rings. The molecule has 0 radical (unpaired) electrons. The van der Waals surface area contributed by atoms with Gasteiger partial charge >= 0.3 is 0 Å². The molecule has 1 aliphatic heterocycles. The summed E-state index contributed by atoms with van der Waals surface area (Å²) in [4.78, 5) is 12.4. The number of ketones is 1. The number of rotatable bonds is 5. The molecule has 1 N–H and O–H groups in total. The average Bonchev–Trinajstić information content (AvgIpc) is 2.55. The van der Waals surface area contributed by atoms with Crippen molar-refractivity contribution in [1.82, 2.24) is 0 Å². The number of unbranched alkanes of at least 4 members (excludes halogenated alkanes) is 1. The summed E-state index contributed by atoms with van der Waals surface area (Å²) in [6, 6.07) is 12.8. The molecule has 2 aromatic carbocycles. The summed E-state index contributed by atoms with van der Waals surface area (Å²) in [5, 5.41) is 10.1. The molecule has 1 aliphatic rings. The van der Waals surface area contributed by atoms with E-state index in [-0.39, 0.29) is 29.6 Å². The summed E-state index contributed by atoms with van der Waals surface area (Å²) < 4.78 is 11.6. The van der Waals surface area contributed by atoms with Crippen molar-refractivity contribution in [1.29, 1.82) is 0 Å². The predicted octanol–water partition coefficient (Wildman–Crippen LogP) is 4.28. The molecule has 4 heteroatoms. The van der Waals surface area contributed by atoms with Gasteiger partial charge in [-0.05, 0) is 12.0 Å². The minimum atomic E-state index is -0.332. The number of aromatic hydroxyl groups is 1. The number of ether oxygens (including phenoxy) is 2. The first-order valence-corrected chi connectivity index (χ1v) is 7.93. The third-order valence-corrected chi connectivity index (χ3v) is 3.91. The molecule has 3 rings (SSSR count). The number of phenols is 1. The van der Waals surface area contributed by atoms with E-state index in [2.05, 4.69) is 6.92 Å². The number of fused-ring (bicyclic) bond motifs is 1. The number of hydrogen-bond acceptors (Lipinski definition) is 4. The van der Waals surface area contributed by atoms with E-state index in [0.717, 1.165) is 18.4 Å². The van der Waals surface area contributed by atoms with Gasteiger partial charge in [-0.2, -0.15) is 0 Å². The smallest absolute Gasteiger partial charge is 0.174 e. The van der Waals surface area contributed by atoms with Crippen LogP contribution in [0.25, 0.3) is 0 Å². The van der Waals surface area contributed by atoms with Gasteiger partial charge in [-0.15, -0.1) is 0 Å². The lowest BCUT2D eigenvalue weighted by Crippen LogP contribution is -2.20. The van der Waals surface area contributed by atoms with Crippen LogP contribution in [0, 0.1) is 0 Å². The molecule has 0 bridgehead atoms. The van der Waals surface area contributed by atoms with Crippen molar-refractivity contribution < 1.29 is 19.4 Å². The van der Waals surface area contributed by atoms with Gasteiger partial charge < -0.3 is 14.6 Å². The first-order chi connectivity index (χ1) is 11.2. The van der Waals surface area contributed by atoms with Crippen LogP contribution in [0.2, 0.25) is 0 Å². The van der Waals surface area contributed by atoms with Gasteiger partial charge in [-0.25, -0.2) is 0 Å². The molecule has 0 fully saturated rings. The van der Waals surface area contributed by atoms with Crippen LogP contribution < -0.4 is 9.47 Å². The summed E-state index contributed by atoms with van der Waals surface area (Å²) in [6.07, 6.45) is 1.86. The van der Waals surface area contributed by atoms with E-state index in [1.165, 1.54) is 6.07 Å². The van der Waals surface area contributed by atoms with Crippen LogP contribution in [0.5, 0.6) is 17.2 Å². The normalized spacial score (nSPS) is 16.6. The van der Waals surface area contributed by atoms with Crippen molar-refractivity contribution in [2.45, 2.75) is 32.3 Å². The highest BCUT2D eigenvalue weighted by atomic mass is 16.5. The van der Waals surface area contributed by atoms with Crippen molar-refractivity contribution in [3.05, 3.63) is 53.6 Å². The van der Waals surface area contributed by atoms with Crippen molar-refractivity contribution in [3.63, 3.8) is 0 Å². The SMILES string of the molecule is CCCCOc1cc(O)c2c(c1)O[C@@H](c1ccccc1)CC2=O. The Hall–Kier alpha value is -2.49. The Labute approximate surface area is 135 Å². The Morgan fingerprint density at radius 2 is 2.04 bits per heavy atom. The summed E-state index contributed by atoms with van der Waals surface area (Å²) >= 11 is 0. The molecule has 1 heterocycles. The zero-order valence-corrected chi connectivity index (χ0v) is 13.1. The van der Waals surface area contributed by atoms with E-state index in [1.807, 2.05) is 30.3 Å². The third-order valence-electron chi connectivity index (χ3n) is 3.91. The third kappa shape index (κ3) is 3.31. The number of phenolic OH excluding ortho intramolecular Hbond substituents is 1. The van der Waals surface area contributed by atoms with Gasteiger partial charge in [0.15, 0.2) is 5.78 Å². The largest absolute Gasteiger partial charge is 0.507 e. The van der Waals surface area contributed by atoms with Crippen LogP contribution >= 0.6 is 0 Å². The number of carbonyl (C=O) groups is 1. The Morgan fingerprint density at radius 3 is 2.78 bits per heavy atom. The van der Waals surface area contributed by atoms with Gasteiger partial charge in [0.2, 0.25) is 0 Å². The Kier molecular flexibility index (Phi) is 4.51. The summed E-state index contributed by atoms with van der Waals surface area (Å²) in [5.41, 5.74) is 1.20. The first kappa shape index (κ1) is 15.4. The quantitative estimate of drug-likeness (QED) is 0.837. The zero-order valence-electron chi connectivity index (χ0n) is 13.1. The van der Waals surface area contributed by atoms with E-state index in [9.17, 15) is 9.90 Å². The molecule has 4 nitrogen and oxygen atoms in total. The van der Waals surface area contributed by atoms with Gasteiger partial charge in [0.05, 0.1) is 13.0 Å². The standard InChI is InChI=1S/C19H20O4/c1-2-3-9-22-14-10-15(20)19-16(21)12-17(23-18(19)11-14)13-7-5-4-6-8-13/h4-8,10-11,17,20H,2-3,9,12H2,1H3/t17-/m1/s1. The van der Waals surface area contributed by atoms with Crippen LogP contribution in [0.1, 0.15) is 48.2 Å². The molecule has 0 spiro atoms. The zero-order chi connectivity index (χ0) is 16.2. The van der Waals surface area contributed by atoms with E-state index < -0.39 is 0 Å². The molecule has 0 aromatic heterocycles.